The molecular formula is C23H31NO4S. The number of aliphatic hydroxyl groups excluding tert-OH is 1. The van der Waals surface area contributed by atoms with Crippen LogP contribution in [-0.2, 0) is 11.2 Å². The van der Waals surface area contributed by atoms with Gasteiger partial charge in [-0.15, -0.1) is 23.2 Å². The van der Waals surface area contributed by atoms with Gasteiger partial charge in [0.1, 0.15) is 4.88 Å². The van der Waals surface area contributed by atoms with E-state index in [4.69, 9.17) is 5.11 Å². The van der Waals surface area contributed by atoms with Crippen molar-refractivity contribution in [2.45, 2.75) is 70.9 Å². The summed E-state index contributed by atoms with van der Waals surface area (Å²) in [7, 11) is 0. The van der Waals surface area contributed by atoms with Crippen LogP contribution in [0.5, 0.6) is 0 Å². The van der Waals surface area contributed by atoms with Crippen LogP contribution < -0.4 is 0 Å². The summed E-state index contributed by atoms with van der Waals surface area (Å²) in [6.07, 6.45) is 8.65. The van der Waals surface area contributed by atoms with Crippen LogP contribution in [0, 0.1) is 17.8 Å². The Morgan fingerprint density at radius 1 is 1.41 bits per heavy atom. The molecule has 1 saturated heterocycles. The van der Waals surface area contributed by atoms with E-state index in [1.54, 1.807) is 12.1 Å². The van der Waals surface area contributed by atoms with Gasteiger partial charge in [0.15, 0.2) is 0 Å². The molecule has 29 heavy (non-hydrogen) atoms. The molecule has 0 spiro atoms. The maximum absolute atomic E-state index is 12.2. The van der Waals surface area contributed by atoms with Crippen molar-refractivity contribution in [1.29, 1.82) is 0 Å². The highest BCUT2D eigenvalue weighted by Gasteiger charge is 2.28. The lowest BCUT2D eigenvalue weighted by Gasteiger charge is -2.23. The lowest BCUT2D eigenvalue weighted by atomic mass is 10.00. The molecule has 6 heteroatoms. The lowest BCUT2D eigenvalue weighted by molar-refractivity contribution is -0.128. The Morgan fingerprint density at radius 2 is 2.21 bits per heavy atom. The van der Waals surface area contributed by atoms with E-state index in [1.165, 1.54) is 11.3 Å². The van der Waals surface area contributed by atoms with E-state index in [0.717, 1.165) is 37.0 Å². The minimum absolute atomic E-state index is 0.0217. The molecule has 158 valence electrons. The number of rotatable bonds is 10. The Labute approximate surface area is 177 Å². The number of aryl methyl sites for hydroxylation is 1. The van der Waals surface area contributed by atoms with Gasteiger partial charge in [0.05, 0.1) is 12.1 Å². The van der Waals surface area contributed by atoms with Crippen molar-refractivity contribution in [2.24, 2.45) is 5.92 Å². The standard InChI is InChI=1S/C23H31NO4S/c1-3-4-5-6-8-17(2)20(25)13-10-18-11-15-22(26)24(18)16-7-9-19-12-14-21(29-19)23(27)28/h10,12-14,17-18,20,25H,3-4,7-9,11,15-16H2,1-2H3,(H,27,28)/b13-10+/t17-,18+,20-/m1/s1. The Morgan fingerprint density at radius 3 is 2.90 bits per heavy atom. The lowest BCUT2D eigenvalue weighted by Crippen LogP contribution is -2.33. The first-order valence-corrected chi connectivity index (χ1v) is 11.2. The van der Waals surface area contributed by atoms with Crippen LogP contribution in [0.4, 0.5) is 0 Å². The minimum atomic E-state index is -0.898. The fourth-order valence-corrected chi connectivity index (χ4v) is 4.18. The smallest absolute Gasteiger partial charge is 0.345 e. The fraction of sp³-hybridized carbons (Fsp3) is 0.565. The van der Waals surface area contributed by atoms with Gasteiger partial charge in [0.2, 0.25) is 5.91 Å². The van der Waals surface area contributed by atoms with Gasteiger partial charge in [-0.25, -0.2) is 4.79 Å². The van der Waals surface area contributed by atoms with Gasteiger partial charge in [-0.1, -0.05) is 26.0 Å². The second-order valence-electron chi connectivity index (χ2n) is 7.53. The molecule has 0 radical (unpaired) electrons. The zero-order valence-corrected chi connectivity index (χ0v) is 18.1. The minimum Gasteiger partial charge on any atom is -0.477 e. The molecule has 1 aliphatic heterocycles. The number of carboxylic acid groups (broad SMARTS) is 1. The van der Waals surface area contributed by atoms with Crippen LogP contribution in [0.1, 0.15) is 66.9 Å². The van der Waals surface area contributed by atoms with E-state index >= 15 is 0 Å². The molecular weight excluding hydrogens is 386 g/mol. The molecule has 2 N–H and O–H groups in total. The number of aromatic carboxylic acids is 1. The summed E-state index contributed by atoms with van der Waals surface area (Å²) in [6, 6.07) is 3.50. The second kappa shape index (κ2) is 11.8. The van der Waals surface area contributed by atoms with Gasteiger partial charge >= 0.3 is 5.97 Å². The van der Waals surface area contributed by atoms with Crippen molar-refractivity contribution in [3.05, 3.63) is 34.0 Å². The number of nitrogens with zero attached hydrogens (tertiary/aromatic N) is 1. The van der Waals surface area contributed by atoms with Crippen molar-refractivity contribution in [1.82, 2.24) is 4.90 Å². The average Bonchev–Trinajstić information content (AvgIpc) is 3.31. The number of thiophene rings is 1. The first-order valence-electron chi connectivity index (χ1n) is 10.4. The van der Waals surface area contributed by atoms with Crippen LogP contribution in [0.2, 0.25) is 0 Å². The Hall–Kier alpha value is -2.10. The second-order valence-corrected chi connectivity index (χ2v) is 8.70. The average molecular weight is 418 g/mol. The van der Waals surface area contributed by atoms with E-state index in [-0.39, 0.29) is 17.9 Å². The molecule has 2 rings (SSSR count). The van der Waals surface area contributed by atoms with Crippen molar-refractivity contribution in [3.63, 3.8) is 0 Å². The molecule has 0 aromatic carbocycles. The molecule has 0 unspecified atom stereocenters. The fourth-order valence-electron chi connectivity index (χ4n) is 3.30. The van der Waals surface area contributed by atoms with Gasteiger partial charge in [-0.05, 0) is 43.7 Å². The van der Waals surface area contributed by atoms with Crippen molar-refractivity contribution < 1.29 is 19.8 Å². The highest BCUT2D eigenvalue weighted by atomic mass is 32.1. The summed E-state index contributed by atoms with van der Waals surface area (Å²) in [4.78, 5) is 26.5. The normalized spacial score (nSPS) is 18.7. The van der Waals surface area contributed by atoms with Gasteiger partial charge in [0, 0.05) is 30.7 Å². The first kappa shape index (κ1) is 23.2. The molecule has 5 nitrogen and oxygen atoms in total. The number of unbranched alkanes of at least 4 members (excludes halogenated alkanes) is 1. The molecule has 1 aromatic rings. The molecule has 1 aliphatic rings. The maximum Gasteiger partial charge on any atom is 0.345 e. The number of carbonyl (C=O) groups is 2. The van der Waals surface area contributed by atoms with E-state index in [1.807, 2.05) is 24.0 Å². The van der Waals surface area contributed by atoms with Crippen molar-refractivity contribution >= 4 is 23.2 Å². The predicted molar refractivity (Wildman–Crippen MR) is 116 cm³/mol. The van der Waals surface area contributed by atoms with Crippen LogP contribution in [-0.4, -0.2) is 45.7 Å². The van der Waals surface area contributed by atoms with Gasteiger partial charge in [0.25, 0.3) is 0 Å². The summed E-state index contributed by atoms with van der Waals surface area (Å²) in [6.45, 7) is 4.72. The highest BCUT2D eigenvalue weighted by molar-refractivity contribution is 7.13. The molecule has 1 fully saturated rings. The molecule has 2 heterocycles. The number of aliphatic hydroxyl groups is 1. The van der Waals surface area contributed by atoms with Crippen LogP contribution in [0.15, 0.2) is 24.3 Å². The number of likely N-dealkylation sites (tertiary alicyclic amines) is 1. The quantitative estimate of drug-likeness (QED) is 0.443. The molecule has 0 aliphatic carbocycles. The molecule has 1 aromatic heterocycles. The number of amides is 1. The number of hydrogen-bond donors (Lipinski definition) is 2. The van der Waals surface area contributed by atoms with Gasteiger partial charge in [-0.2, -0.15) is 0 Å². The zero-order chi connectivity index (χ0) is 21.2. The third-order valence-corrected chi connectivity index (χ3v) is 6.24. The number of carboxylic acids is 1. The summed E-state index contributed by atoms with van der Waals surface area (Å²) in [5, 5.41) is 19.4. The van der Waals surface area contributed by atoms with Crippen LogP contribution in [0.25, 0.3) is 0 Å². The molecule has 0 saturated carbocycles. The van der Waals surface area contributed by atoms with Crippen molar-refractivity contribution in [2.75, 3.05) is 6.54 Å². The number of carbonyl (C=O) groups excluding carboxylic acids is 1. The zero-order valence-electron chi connectivity index (χ0n) is 17.3. The Bertz CT molecular complexity index is 773. The molecule has 1 amide bonds. The summed E-state index contributed by atoms with van der Waals surface area (Å²) in [5.41, 5.74) is 0. The third kappa shape index (κ3) is 7.34. The largest absolute Gasteiger partial charge is 0.477 e. The van der Waals surface area contributed by atoms with Crippen molar-refractivity contribution in [3.8, 4) is 11.8 Å². The Balaban J connectivity index is 1.83. The SMILES string of the molecule is CCCC#CC[C@@H](C)[C@H](O)/C=C/[C@H]1CCC(=O)N1CCCc1ccc(C(=O)O)s1. The van der Waals surface area contributed by atoms with Crippen LogP contribution >= 0.6 is 11.3 Å². The van der Waals surface area contributed by atoms with E-state index in [9.17, 15) is 14.7 Å². The number of hydrogen-bond acceptors (Lipinski definition) is 4. The Kier molecular flexibility index (Phi) is 9.43. The summed E-state index contributed by atoms with van der Waals surface area (Å²) >= 11 is 1.29. The van der Waals surface area contributed by atoms with Crippen LogP contribution in [0.3, 0.4) is 0 Å². The maximum atomic E-state index is 12.2. The van der Waals surface area contributed by atoms with E-state index in [2.05, 4.69) is 18.8 Å². The van der Waals surface area contributed by atoms with Gasteiger partial charge < -0.3 is 15.1 Å². The van der Waals surface area contributed by atoms with E-state index < -0.39 is 12.1 Å². The van der Waals surface area contributed by atoms with Gasteiger partial charge in [-0.3, -0.25) is 4.79 Å². The third-order valence-electron chi connectivity index (χ3n) is 5.11. The summed E-state index contributed by atoms with van der Waals surface area (Å²) in [5.74, 6) is 5.53. The summed E-state index contributed by atoms with van der Waals surface area (Å²) < 4.78 is 0. The molecule has 0 bridgehead atoms. The topological polar surface area (TPSA) is 77.8 Å². The van der Waals surface area contributed by atoms with E-state index in [0.29, 0.717) is 24.3 Å². The highest BCUT2D eigenvalue weighted by Crippen LogP contribution is 2.23. The predicted octanol–water partition coefficient (Wildman–Crippen LogP) is 4.12. The molecule has 3 atom stereocenters. The first-order chi connectivity index (χ1) is 13.9. The monoisotopic (exact) mass is 417 g/mol.